The van der Waals surface area contributed by atoms with Crippen molar-refractivity contribution in [1.82, 2.24) is 10.2 Å². The molecule has 5 rings (SSSR count). The summed E-state index contributed by atoms with van der Waals surface area (Å²) in [5, 5.41) is 6.84. The summed E-state index contributed by atoms with van der Waals surface area (Å²) in [4.78, 5) is 28.9. The molecule has 2 aliphatic heterocycles. The van der Waals surface area contributed by atoms with Crippen LogP contribution in [0.25, 0.3) is 10.1 Å². The zero-order chi connectivity index (χ0) is 28.4. The number of carbonyl (C=O) groups is 2. The second-order valence-corrected chi connectivity index (χ2v) is 12.0. The van der Waals surface area contributed by atoms with Crippen molar-refractivity contribution in [2.45, 2.75) is 52.9 Å². The van der Waals surface area contributed by atoms with Gasteiger partial charge >= 0.3 is 5.97 Å². The van der Waals surface area contributed by atoms with Crippen molar-refractivity contribution < 1.29 is 19.1 Å². The van der Waals surface area contributed by atoms with Crippen LogP contribution in [0, 0.1) is 5.41 Å². The minimum Gasteiger partial charge on any atom is -0.494 e. The number of nitrogens with zero attached hydrogens (tertiary/aromatic N) is 2. The molecule has 1 fully saturated rings. The van der Waals surface area contributed by atoms with Gasteiger partial charge in [0.1, 0.15) is 5.75 Å². The van der Waals surface area contributed by atoms with Crippen LogP contribution >= 0.6 is 11.3 Å². The molecule has 2 aromatic carbocycles. The highest BCUT2D eigenvalue weighted by Gasteiger charge is 2.30. The molecule has 0 spiro atoms. The van der Waals surface area contributed by atoms with Gasteiger partial charge in [0.25, 0.3) is 0 Å². The molecule has 8 heteroatoms. The molecule has 3 aromatic rings. The Bertz CT molecular complexity index is 1220. The summed E-state index contributed by atoms with van der Waals surface area (Å²) >= 11 is 1.79. The van der Waals surface area contributed by atoms with Crippen LogP contribution in [0.15, 0.2) is 53.9 Å². The number of piperazine rings is 1. The number of nitrogens with one attached hydrogen (secondary N) is 1. The van der Waals surface area contributed by atoms with E-state index in [1.54, 1.807) is 16.2 Å². The zero-order valence-corrected chi connectivity index (χ0v) is 24.9. The minimum atomic E-state index is -0.558. The van der Waals surface area contributed by atoms with E-state index in [0.717, 1.165) is 62.6 Å². The first kappa shape index (κ1) is 30.0. The fraction of sp³-hybridized carbons (Fsp3) is 0.500. The average molecular weight is 566 g/mol. The molecular formula is C32H43N3O4S. The van der Waals surface area contributed by atoms with Crippen LogP contribution in [0.2, 0.25) is 0 Å². The van der Waals surface area contributed by atoms with Gasteiger partial charge in [0.05, 0.1) is 17.7 Å². The van der Waals surface area contributed by atoms with Gasteiger partial charge in [0.15, 0.2) is 6.73 Å². The predicted octanol–water partition coefficient (Wildman–Crippen LogP) is 5.87. The molecule has 1 aromatic heterocycles. The second kappa shape index (κ2) is 14.6. The smallest absolute Gasteiger partial charge is 0.313 e. The maximum atomic E-state index is 12.5. The predicted molar refractivity (Wildman–Crippen MR) is 163 cm³/mol. The number of unbranched alkanes of at least 4 members (excludes halogenated alkanes) is 1. The number of thiophene rings is 1. The monoisotopic (exact) mass is 565 g/mol. The Morgan fingerprint density at radius 3 is 2.62 bits per heavy atom. The van der Waals surface area contributed by atoms with Crippen molar-refractivity contribution in [2.24, 2.45) is 5.41 Å². The number of anilines is 1. The van der Waals surface area contributed by atoms with Gasteiger partial charge in [0, 0.05) is 43.4 Å². The first-order chi connectivity index (χ1) is 19.4. The van der Waals surface area contributed by atoms with Crippen molar-refractivity contribution in [3.05, 3.63) is 59.5 Å². The van der Waals surface area contributed by atoms with E-state index in [0.29, 0.717) is 25.9 Å². The van der Waals surface area contributed by atoms with Crippen LogP contribution in [0.3, 0.4) is 0 Å². The SMILES string of the molecule is CCC(C)(C)C(=O)OCN1C(=O)CCc2ccc(OCCCCN3CCNCC3)cc21.c1ccc2sccc2c1. The normalized spacial score (nSPS) is 15.8. The molecule has 0 atom stereocenters. The van der Waals surface area contributed by atoms with Crippen LogP contribution in [0.4, 0.5) is 5.69 Å². The van der Waals surface area contributed by atoms with Gasteiger partial charge in [-0.3, -0.25) is 14.5 Å². The lowest BCUT2D eigenvalue weighted by Crippen LogP contribution is -2.43. The molecule has 40 heavy (non-hydrogen) atoms. The quantitative estimate of drug-likeness (QED) is 0.245. The molecule has 3 heterocycles. The molecule has 1 saturated heterocycles. The lowest BCUT2D eigenvalue weighted by molar-refractivity contribution is -0.154. The first-order valence-corrected chi connectivity index (χ1v) is 15.3. The van der Waals surface area contributed by atoms with E-state index >= 15 is 0 Å². The number of benzene rings is 2. The Balaban J connectivity index is 0.000000343. The number of fused-ring (bicyclic) bond motifs is 2. The number of ether oxygens (including phenoxy) is 2. The van der Waals surface area contributed by atoms with E-state index in [-0.39, 0.29) is 18.6 Å². The summed E-state index contributed by atoms with van der Waals surface area (Å²) in [5.41, 5.74) is 1.31. The fourth-order valence-corrected chi connectivity index (χ4v) is 5.47. The van der Waals surface area contributed by atoms with Gasteiger partial charge in [-0.25, -0.2) is 0 Å². The Morgan fingerprint density at radius 2 is 1.85 bits per heavy atom. The molecule has 7 nitrogen and oxygen atoms in total. The molecular weight excluding hydrogens is 522 g/mol. The van der Waals surface area contributed by atoms with Crippen LogP contribution in [-0.2, 0) is 20.7 Å². The lowest BCUT2D eigenvalue weighted by Gasteiger charge is -2.30. The standard InChI is InChI=1S/C24H37N3O4.C8H6S/c1-4-24(2,3)23(29)31-18-27-21-17-20(9-7-19(21)8-10-22(27)28)30-16-6-5-13-26-14-11-25-12-15-26;1-2-4-8-7(3-1)5-6-9-8/h7,9,17,25H,4-6,8,10-16,18H2,1-3H3;1-6H. The first-order valence-electron chi connectivity index (χ1n) is 14.5. The summed E-state index contributed by atoms with van der Waals surface area (Å²) in [6.07, 6.45) is 3.91. The molecule has 0 radical (unpaired) electrons. The number of amides is 1. The minimum absolute atomic E-state index is 0.0252. The largest absolute Gasteiger partial charge is 0.494 e. The molecule has 0 bridgehead atoms. The van der Waals surface area contributed by atoms with Gasteiger partial charge in [0.2, 0.25) is 5.91 Å². The lowest BCUT2D eigenvalue weighted by atomic mass is 9.91. The second-order valence-electron chi connectivity index (χ2n) is 11.0. The summed E-state index contributed by atoms with van der Waals surface area (Å²) in [7, 11) is 0. The summed E-state index contributed by atoms with van der Waals surface area (Å²) in [6, 6.07) is 16.4. The van der Waals surface area contributed by atoms with Crippen molar-refractivity contribution in [1.29, 1.82) is 0 Å². The average Bonchev–Trinajstić information content (AvgIpc) is 3.46. The molecule has 0 unspecified atom stereocenters. The van der Waals surface area contributed by atoms with E-state index in [2.05, 4.69) is 45.9 Å². The Labute approximate surface area is 242 Å². The third-order valence-corrected chi connectivity index (χ3v) is 8.62. The van der Waals surface area contributed by atoms with Gasteiger partial charge in [-0.05, 0) is 80.6 Å². The van der Waals surface area contributed by atoms with E-state index in [9.17, 15) is 9.59 Å². The Hall–Kier alpha value is -2.94. The van der Waals surface area contributed by atoms with Crippen molar-refractivity contribution in [2.75, 3.05) is 51.0 Å². The number of esters is 1. The van der Waals surface area contributed by atoms with E-state index in [1.165, 1.54) is 10.1 Å². The van der Waals surface area contributed by atoms with Gasteiger partial charge in [-0.2, -0.15) is 0 Å². The van der Waals surface area contributed by atoms with Gasteiger partial charge < -0.3 is 19.7 Å². The highest BCUT2D eigenvalue weighted by Crippen LogP contribution is 2.32. The number of hydrogen-bond donors (Lipinski definition) is 1. The van der Waals surface area contributed by atoms with Crippen LogP contribution in [0.1, 0.15) is 52.0 Å². The van der Waals surface area contributed by atoms with Gasteiger partial charge in [-0.15, -0.1) is 11.3 Å². The van der Waals surface area contributed by atoms with E-state index in [1.807, 2.05) is 39.0 Å². The van der Waals surface area contributed by atoms with Crippen LogP contribution < -0.4 is 15.0 Å². The topological polar surface area (TPSA) is 71.1 Å². The highest BCUT2D eigenvalue weighted by atomic mass is 32.1. The molecule has 1 N–H and O–H groups in total. The molecule has 0 aliphatic carbocycles. The van der Waals surface area contributed by atoms with Crippen molar-refractivity contribution >= 4 is 39.0 Å². The Morgan fingerprint density at radius 1 is 1.05 bits per heavy atom. The third-order valence-electron chi connectivity index (χ3n) is 7.73. The summed E-state index contributed by atoms with van der Waals surface area (Å²) in [6.45, 7) is 11.8. The number of hydrogen-bond acceptors (Lipinski definition) is 7. The maximum absolute atomic E-state index is 12.5. The fourth-order valence-electron chi connectivity index (χ4n) is 4.68. The molecule has 0 saturated carbocycles. The van der Waals surface area contributed by atoms with Gasteiger partial charge in [-0.1, -0.05) is 31.2 Å². The van der Waals surface area contributed by atoms with Crippen LogP contribution in [-0.4, -0.2) is 62.8 Å². The van der Waals surface area contributed by atoms with E-state index < -0.39 is 5.41 Å². The molecule has 216 valence electrons. The molecule has 2 aliphatic rings. The highest BCUT2D eigenvalue weighted by molar-refractivity contribution is 7.17. The van der Waals surface area contributed by atoms with Crippen molar-refractivity contribution in [3.63, 3.8) is 0 Å². The summed E-state index contributed by atoms with van der Waals surface area (Å²) < 4.78 is 12.8. The number of rotatable bonds is 10. The van der Waals surface area contributed by atoms with E-state index in [4.69, 9.17) is 9.47 Å². The Kier molecular flexibility index (Phi) is 11.0. The summed E-state index contributed by atoms with van der Waals surface area (Å²) in [5.74, 6) is 0.440. The third kappa shape index (κ3) is 8.29. The van der Waals surface area contributed by atoms with Crippen molar-refractivity contribution in [3.8, 4) is 5.75 Å². The zero-order valence-electron chi connectivity index (χ0n) is 24.1. The maximum Gasteiger partial charge on any atom is 0.313 e. The molecule has 1 amide bonds. The number of carbonyl (C=O) groups excluding carboxylic acids is 2. The van der Waals surface area contributed by atoms with Crippen LogP contribution in [0.5, 0.6) is 5.75 Å². The number of aryl methyl sites for hydroxylation is 1.